The number of rotatable bonds is 10. The van der Waals surface area contributed by atoms with Gasteiger partial charge >= 0.3 is 0 Å². The van der Waals surface area contributed by atoms with Gasteiger partial charge in [0.2, 0.25) is 0 Å². The minimum atomic E-state index is 0.0544. The molecule has 4 rings (SSSR count). The van der Waals surface area contributed by atoms with Crippen LogP contribution in [-0.2, 0) is 19.4 Å². The van der Waals surface area contributed by atoms with Gasteiger partial charge in [-0.2, -0.15) is 0 Å². The van der Waals surface area contributed by atoms with E-state index in [2.05, 4.69) is 41.0 Å². The molecule has 5 heteroatoms. The zero-order chi connectivity index (χ0) is 23.9. The highest BCUT2D eigenvalue weighted by atomic mass is 16.5. The summed E-state index contributed by atoms with van der Waals surface area (Å²) in [6, 6.07) is 24.7. The molecule has 1 aromatic heterocycles. The molecule has 0 saturated carbocycles. The third kappa shape index (κ3) is 5.30. The number of carbonyl (C=O) groups excluding carboxylic acids is 1. The molecule has 1 heterocycles. The zero-order valence-electron chi connectivity index (χ0n) is 20.3. The van der Waals surface area contributed by atoms with Crippen LogP contribution in [0.3, 0.4) is 0 Å². The van der Waals surface area contributed by atoms with Crippen LogP contribution in [0.15, 0.2) is 72.8 Å². The Balaban J connectivity index is 1.68. The predicted molar refractivity (Wildman–Crippen MR) is 138 cm³/mol. The molecule has 0 fully saturated rings. The van der Waals surface area contributed by atoms with E-state index in [1.54, 1.807) is 0 Å². The molecule has 0 spiro atoms. The Labute approximate surface area is 202 Å². The Morgan fingerprint density at radius 3 is 2.32 bits per heavy atom. The summed E-state index contributed by atoms with van der Waals surface area (Å²) in [5.74, 6) is 1.93. The first-order chi connectivity index (χ1) is 16.6. The Bertz CT molecular complexity index is 1230. The topological polar surface area (TPSA) is 47.4 Å². The van der Waals surface area contributed by atoms with Crippen LogP contribution >= 0.6 is 0 Å². The number of nitrogens with zero attached hydrogens (tertiary/aromatic N) is 3. The lowest BCUT2D eigenvalue weighted by atomic mass is 10.1. The van der Waals surface area contributed by atoms with E-state index in [1.807, 2.05) is 62.1 Å². The van der Waals surface area contributed by atoms with E-state index >= 15 is 0 Å². The summed E-state index contributed by atoms with van der Waals surface area (Å²) in [6.45, 7) is 8.88. The fourth-order valence-electron chi connectivity index (χ4n) is 4.33. The first-order valence-corrected chi connectivity index (χ1v) is 12.2. The van der Waals surface area contributed by atoms with Crippen molar-refractivity contribution in [2.24, 2.45) is 0 Å². The third-order valence-corrected chi connectivity index (χ3v) is 6.19. The molecule has 176 valence electrons. The number of ether oxygens (including phenoxy) is 1. The average Bonchev–Trinajstić information content (AvgIpc) is 3.21. The number of hydrogen-bond acceptors (Lipinski definition) is 3. The summed E-state index contributed by atoms with van der Waals surface area (Å²) in [6.07, 6.45) is 1.64. The van der Waals surface area contributed by atoms with Crippen LogP contribution in [0.25, 0.3) is 11.0 Å². The molecule has 0 bridgehead atoms. The second-order valence-electron chi connectivity index (χ2n) is 8.35. The summed E-state index contributed by atoms with van der Waals surface area (Å²) < 4.78 is 7.88. The lowest BCUT2D eigenvalue weighted by Gasteiger charge is -2.18. The molecule has 0 saturated heterocycles. The van der Waals surface area contributed by atoms with Crippen LogP contribution < -0.4 is 4.74 Å². The second-order valence-corrected chi connectivity index (χ2v) is 8.35. The Kier molecular flexibility index (Phi) is 7.63. The quantitative estimate of drug-likeness (QED) is 0.306. The number of hydrogen-bond donors (Lipinski definition) is 0. The Hall–Kier alpha value is -3.60. The number of fused-ring (bicyclic) bond motifs is 1. The van der Waals surface area contributed by atoms with Crippen LogP contribution in [-0.4, -0.2) is 40.1 Å². The van der Waals surface area contributed by atoms with Gasteiger partial charge in [0.25, 0.3) is 5.91 Å². The lowest BCUT2D eigenvalue weighted by Crippen LogP contribution is -2.30. The molecule has 0 atom stereocenters. The largest absolute Gasteiger partial charge is 0.494 e. The third-order valence-electron chi connectivity index (χ3n) is 6.19. The maximum atomic E-state index is 12.9. The van der Waals surface area contributed by atoms with E-state index in [9.17, 15) is 4.79 Å². The van der Waals surface area contributed by atoms with E-state index in [0.717, 1.165) is 42.0 Å². The normalized spacial score (nSPS) is 11.0. The summed E-state index contributed by atoms with van der Waals surface area (Å²) in [4.78, 5) is 19.7. The molecule has 34 heavy (non-hydrogen) atoms. The van der Waals surface area contributed by atoms with Gasteiger partial charge in [0, 0.05) is 31.6 Å². The molecule has 0 aliphatic carbocycles. The lowest BCUT2D eigenvalue weighted by molar-refractivity contribution is 0.0773. The minimum Gasteiger partial charge on any atom is -0.494 e. The van der Waals surface area contributed by atoms with Crippen molar-refractivity contribution in [3.05, 3.63) is 95.3 Å². The number of imidazole rings is 1. The monoisotopic (exact) mass is 455 g/mol. The number of carbonyl (C=O) groups is 1. The number of amides is 1. The zero-order valence-corrected chi connectivity index (χ0v) is 20.3. The Morgan fingerprint density at radius 2 is 1.65 bits per heavy atom. The average molecular weight is 456 g/mol. The fourth-order valence-corrected chi connectivity index (χ4v) is 4.33. The number of benzene rings is 3. The van der Waals surface area contributed by atoms with Gasteiger partial charge in [-0.3, -0.25) is 4.79 Å². The van der Waals surface area contributed by atoms with Gasteiger partial charge in [0.05, 0.1) is 17.6 Å². The maximum Gasteiger partial charge on any atom is 0.253 e. The standard InChI is InChI=1S/C29H33N3O2/c1-4-31(5-2)29(33)24-14-17-27-26(21-24)30-28(20-23-12-15-25(16-13-23)34-6-3)32(27)19-18-22-10-8-7-9-11-22/h7-17,21H,4-6,18-20H2,1-3H3. The molecular formula is C29H33N3O2. The van der Waals surface area contributed by atoms with Gasteiger partial charge in [0.15, 0.2) is 0 Å². The molecule has 0 aliphatic rings. The van der Waals surface area contributed by atoms with Crippen molar-refractivity contribution in [2.45, 2.75) is 40.2 Å². The van der Waals surface area contributed by atoms with Crippen molar-refractivity contribution in [1.29, 1.82) is 0 Å². The smallest absolute Gasteiger partial charge is 0.253 e. The highest BCUT2D eigenvalue weighted by molar-refractivity contribution is 5.97. The van der Waals surface area contributed by atoms with Crippen LogP contribution in [0.5, 0.6) is 5.75 Å². The summed E-state index contributed by atoms with van der Waals surface area (Å²) in [5.41, 5.74) is 5.10. The maximum absolute atomic E-state index is 12.9. The van der Waals surface area contributed by atoms with Gasteiger partial charge < -0.3 is 14.2 Å². The van der Waals surface area contributed by atoms with Crippen molar-refractivity contribution in [2.75, 3.05) is 19.7 Å². The Morgan fingerprint density at radius 1 is 0.912 bits per heavy atom. The van der Waals surface area contributed by atoms with Gasteiger partial charge in [-0.15, -0.1) is 0 Å². The van der Waals surface area contributed by atoms with Crippen molar-refractivity contribution >= 4 is 16.9 Å². The first-order valence-electron chi connectivity index (χ1n) is 12.2. The molecular weight excluding hydrogens is 422 g/mol. The molecule has 1 amide bonds. The SMILES string of the molecule is CCOc1ccc(Cc2nc3cc(C(=O)N(CC)CC)ccc3n2CCc2ccccc2)cc1. The van der Waals surface area contributed by atoms with E-state index in [0.29, 0.717) is 25.3 Å². The number of aryl methyl sites for hydroxylation is 2. The number of aromatic nitrogens is 2. The van der Waals surface area contributed by atoms with Crippen molar-refractivity contribution in [1.82, 2.24) is 14.5 Å². The van der Waals surface area contributed by atoms with Crippen molar-refractivity contribution in [3.8, 4) is 5.75 Å². The predicted octanol–water partition coefficient (Wildman–Crippen LogP) is 5.75. The molecule has 0 unspecified atom stereocenters. The van der Waals surface area contributed by atoms with E-state index < -0.39 is 0 Å². The van der Waals surface area contributed by atoms with Gasteiger partial charge in [-0.05, 0) is 68.7 Å². The van der Waals surface area contributed by atoms with Crippen LogP contribution in [0, 0.1) is 0 Å². The molecule has 0 radical (unpaired) electrons. The molecule has 4 aromatic rings. The molecule has 3 aromatic carbocycles. The summed E-state index contributed by atoms with van der Waals surface area (Å²) in [7, 11) is 0. The van der Waals surface area contributed by atoms with Crippen LogP contribution in [0.4, 0.5) is 0 Å². The highest BCUT2D eigenvalue weighted by Crippen LogP contribution is 2.23. The van der Waals surface area contributed by atoms with E-state index in [1.165, 1.54) is 11.1 Å². The summed E-state index contributed by atoms with van der Waals surface area (Å²) in [5, 5.41) is 0. The summed E-state index contributed by atoms with van der Waals surface area (Å²) >= 11 is 0. The van der Waals surface area contributed by atoms with Crippen LogP contribution in [0.1, 0.15) is 48.1 Å². The minimum absolute atomic E-state index is 0.0544. The highest BCUT2D eigenvalue weighted by Gasteiger charge is 2.17. The van der Waals surface area contributed by atoms with Crippen LogP contribution in [0.2, 0.25) is 0 Å². The molecule has 5 nitrogen and oxygen atoms in total. The second kappa shape index (κ2) is 11.0. The first kappa shape index (κ1) is 23.6. The van der Waals surface area contributed by atoms with Gasteiger partial charge in [-0.25, -0.2) is 4.98 Å². The van der Waals surface area contributed by atoms with E-state index in [4.69, 9.17) is 9.72 Å². The van der Waals surface area contributed by atoms with Crippen molar-refractivity contribution < 1.29 is 9.53 Å². The molecule has 0 aliphatic heterocycles. The fraction of sp³-hybridized carbons (Fsp3) is 0.310. The van der Waals surface area contributed by atoms with Crippen molar-refractivity contribution in [3.63, 3.8) is 0 Å². The van der Waals surface area contributed by atoms with Gasteiger partial charge in [0.1, 0.15) is 11.6 Å². The molecule has 0 N–H and O–H groups in total. The van der Waals surface area contributed by atoms with Gasteiger partial charge in [-0.1, -0.05) is 42.5 Å². The van der Waals surface area contributed by atoms with E-state index in [-0.39, 0.29) is 5.91 Å².